The third kappa shape index (κ3) is 7.29. The molecule has 0 heterocycles. The first-order chi connectivity index (χ1) is 11.3. The van der Waals surface area contributed by atoms with E-state index in [4.69, 9.17) is 0 Å². The maximum absolute atomic E-state index is 13.1. The average Bonchev–Trinajstić information content (AvgIpc) is 2.54. The van der Waals surface area contributed by atoms with Crippen LogP contribution in [0.2, 0.25) is 0 Å². The van der Waals surface area contributed by atoms with Crippen LogP contribution in [0.25, 0.3) is 6.08 Å². The lowest BCUT2D eigenvalue weighted by molar-refractivity contribution is 0.378. The average molecular weight is 329 g/mol. The van der Waals surface area contributed by atoms with Gasteiger partial charge in [0.2, 0.25) is 0 Å². The van der Waals surface area contributed by atoms with Crippen molar-refractivity contribution in [3.63, 3.8) is 0 Å². The summed E-state index contributed by atoms with van der Waals surface area (Å²) in [5.74, 6) is 1.15. The lowest BCUT2D eigenvalue weighted by atomic mass is 9.83. The molecule has 0 aliphatic carbocycles. The molecule has 0 spiro atoms. The molecule has 0 fully saturated rings. The lowest BCUT2D eigenvalue weighted by Crippen LogP contribution is -2.08. The molecule has 0 nitrogen and oxygen atoms in total. The zero-order valence-corrected chi connectivity index (χ0v) is 16.0. The van der Waals surface area contributed by atoms with E-state index in [2.05, 4.69) is 53.3 Å². The van der Waals surface area contributed by atoms with E-state index in [-0.39, 0.29) is 5.82 Å². The Labute approximate surface area is 148 Å². The van der Waals surface area contributed by atoms with E-state index in [1.165, 1.54) is 41.7 Å². The highest BCUT2D eigenvalue weighted by atomic mass is 19.1. The molecule has 0 saturated heterocycles. The van der Waals surface area contributed by atoms with E-state index < -0.39 is 0 Å². The molecular weight excluding hydrogens is 295 g/mol. The van der Waals surface area contributed by atoms with Crippen molar-refractivity contribution in [1.29, 1.82) is 0 Å². The summed E-state index contributed by atoms with van der Waals surface area (Å²) in [6, 6.07) is 6.75. The van der Waals surface area contributed by atoms with Crippen LogP contribution in [0.15, 0.2) is 53.6 Å². The van der Waals surface area contributed by atoms with Crippen LogP contribution in [0.4, 0.5) is 4.39 Å². The minimum absolute atomic E-state index is 0.187. The molecule has 1 heteroatoms. The fourth-order valence-electron chi connectivity index (χ4n) is 3.06. The molecule has 0 aliphatic rings. The van der Waals surface area contributed by atoms with Gasteiger partial charge in [-0.1, -0.05) is 55.7 Å². The van der Waals surface area contributed by atoms with Crippen LogP contribution in [-0.4, -0.2) is 0 Å². The predicted molar refractivity (Wildman–Crippen MR) is 105 cm³/mol. The molecule has 1 aromatic carbocycles. The van der Waals surface area contributed by atoms with Gasteiger partial charge >= 0.3 is 0 Å². The number of allylic oxidation sites excluding steroid dienone is 4. The molecular formula is C23H33F. The summed E-state index contributed by atoms with van der Waals surface area (Å²) >= 11 is 0. The van der Waals surface area contributed by atoms with Crippen LogP contribution in [0.3, 0.4) is 0 Å². The van der Waals surface area contributed by atoms with E-state index in [0.717, 1.165) is 24.3 Å². The molecule has 24 heavy (non-hydrogen) atoms. The molecule has 0 amide bonds. The molecule has 1 rings (SSSR count). The van der Waals surface area contributed by atoms with Crippen molar-refractivity contribution < 1.29 is 4.39 Å². The minimum atomic E-state index is -0.187. The Kier molecular flexibility index (Phi) is 8.74. The van der Waals surface area contributed by atoms with Gasteiger partial charge in [0, 0.05) is 0 Å². The Morgan fingerprint density at radius 2 is 1.79 bits per heavy atom. The molecule has 0 aliphatic heterocycles. The molecule has 0 radical (unpaired) electrons. The maximum Gasteiger partial charge on any atom is 0.123 e. The maximum atomic E-state index is 13.1. The number of hydrogen-bond acceptors (Lipinski definition) is 0. The summed E-state index contributed by atoms with van der Waals surface area (Å²) in [6.07, 6.45) is 8.92. The van der Waals surface area contributed by atoms with Gasteiger partial charge in [0.05, 0.1) is 0 Å². The molecule has 2 unspecified atom stereocenters. The molecule has 0 aromatic heterocycles. The Balaban J connectivity index is 3.04. The van der Waals surface area contributed by atoms with Gasteiger partial charge in [-0.3, -0.25) is 0 Å². The van der Waals surface area contributed by atoms with Gasteiger partial charge in [0.1, 0.15) is 5.82 Å². The van der Waals surface area contributed by atoms with Crippen LogP contribution in [0.5, 0.6) is 0 Å². The Morgan fingerprint density at radius 1 is 1.17 bits per heavy atom. The SMILES string of the molecule is C=C(C)CC(CC(=C/c1ccc(F)cc1)/C(C)=C\C)CC(C)CC. The standard InChI is InChI=1S/C23H33F/c1-7-18(5)14-21(13-17(3)4)16-22(19(6)8-2)15-20-9-11-23(24)12-10-20/h8-12,15,18,21H,3,7,13-14,16H2,1-2,4-6H3/b19-8-,22-15-. The van der Waals surface area contributed by atoms with E-state index >= 15 is 0 Å². The largest absolute Gasteiger partial charge is 0.207 e. The van der Waals surface area contributed by atoms with Gasteiger partial charge in [-0.2, -0.15) is 0 Å². The molecule has 132 valence electrons. The van der Waals surface area contributed by atoms with E-state index in [1.807, 2.05) is 12.1 Å². The fraction of sp³-hybridized carbons (Fsp3) is 0.478. The second-order valence-corrected chi connectivity index (χ2v) is 7.17. The highest BCUT2D eigenvalue weighted by Crippen LogP contribution is 2.31. The Morgan fingerprint density at radius 3 is 2.29 bits per heavy atom. The molecule has 0 bridgehead atoms. The summed E-state index contributed by atoms with van der Waals surface area (Å²) in [7, 11) is 0. The summed E-state index contributed by atoms with van der Waals surface area (Å²) < 4.78 is 13.1. The predicted octanol–water partition coefficient (Wildman–Crippen LogP) is 7.58. The Hall–Kier alpha value is -1.63. The third-order valence-corrected chi connectivity index (χ3v) is 4.73. The second kappa shape index (κ2) is 10.3. The van der Waals surface area contributed by atoms with Gasteiger partial charge in [-0.25, -0.2) is 4.39 Å². The van der Waals surface area contributed by atoms with Crippen molar-refractivity contribution in [2.24, 2.45) is 11.8 Å². The first kappa shape index (κ1) is 20.4. The van der Waals surface area contributed by atoms with Crippen LogP contribution in [0.1, 0.15) is 65.9 Å². The van der Waals surface area contributed by atoms with E-state index in [9.17, 15) is 4.39 Å². The van der Waals surface area contributed by atoms with Crippen LogP contribution < -0.4 is 0 Å². The summed E-state index contributed by atoms with van der Waals surface area (Å²) in [6.45, 7) is 15.1. The van der Waals surface area contributed by atoms with Crippen LogP contribution >= 0.6 is 0 Å². The normalized spacial score (nSPS) is 15.2. The summed E-state index contributed by atoms with van der Waals surface area (Å²) in [4.78, 5) is 0. The van der Waals surface area contributed by atoms with Crippen LogP contribution in [-0.2, 0) is 0 Å². The van der Waals surface area contributed by atoms with Crippen molar-refractivity contribution >= 4 is 6.08 Å². The quantitative estimate of drug-likeness (QED) is 0.323. The molecule has 0 N–H and O–H groups in total. The zero-order chi connectivity index (χ0) is 18.1. The molecule has 2 atom stereocenters. The highest BCUT2D eigenvalue weighted by Gasteiger charge is 2.15. The van der Waals surface area contributed by atoms with Crippen LogP contribution in [0, 0.1) is 17.7 Å². The monoisotopic (exact) mass is 328 g/mol. The van der Waals surface area contributed by atoms with Gasteiger partial charge in [0.15, 0.2) is 0 Å². The first-order valence-electron chi connectivity index (χ1n) is 9.09. The first-order valence-corrected chi connectivity index (χ1v) is 9.09. The lowest BCUT2D eigenvalue weighted by Gasteiger charge is -2.22. The summed E-state index contributed by atoms with van der Waals surface area (Å²) in [5, 5.41) is 0. The third-order valence-electron chi connectivity index (χ3n) is 4.73. The van der Waals surface area contributed by atoms with E-state index in [0.29, 0.717) is 5.92 Å². The van der Waals surface area contributed by atoms with Gasteiger partial charge in [-0.05, 0) is 75.1 Å². The fourth-order valence-corrected chi connectivity index (χ4v) is 3.06. The van der Waals surface area contributed by atoms with Crippen molar-refractivity contribution in [1.82, 2.24) is 0 Å². The zero-order valence-electron chi connectivity index (χ0n) is 16.0. The smallest absolute Gasteiger partial charge is 0.123 e. The highest BCUT2D eigenvalue weighted by molar-refractivity contribution is 5.58. The summed E-state index contributed by atoms with van der Waals surface area (Å²) in [5.41, 5.74) is 4.96. The van der Waals surface area contributed by atoms with Gasteiger partial charge in [-0.15, -0.1) is 6.58 Å². The van der Waals surface area contributed by atoms with E-state index in [1.54, 1.807) is 0 Å². The molecule has 1 aromatic rings. The van der Waals surface area contributed by atoms with Crippen molar-refractivity contribution in [2.45, 2.75) is 60.3 Å². The van der Waals surface area contributed by atoms with Crippen molar-refractivity contribution in [3.05, 3.63) is 65.0 Å². The number of benzene rings is 1. The number of rotatable bonds is 9. The topological polar surface area (TPSA) is 0 Å². The Bertz CT molecular complexity index is 575. The van der Waals surface area contributed by atoms with Crippen molar-refractivity contribution in [3.8, 4) is 0 Å². The van der Waals surface area contributed by atoms with Gasteiger partial charge < -0.3 is 0 Å². The van der Waals surface area contributed by atoms with Crippen molar-refractivity contribution in [2.75, 3.05) is 0 Å². The second-order valence-electron chi connectivity index (χ2n) is 7.17. The molecule has 0 saturated carbocycles. The van der Waals surface area contributed by atoms with Gasteiger partial charge in [0.25, 0.3) is 0 Å². The number of hydrogen-bond donors (Lipinski definition) is 0. The number of halogens is 1. The minimum Gasteiger partial charge on any atom is -0.207 e.